The van der Waals surface area contributed by atoms with Crippen molar-refractivity contribution in [1.29, 1.82) is 0 Å². The van der Waals surface area contributed by atoms with Crippen molar-refractivity contribution in [3.05, 3.63) is 36.2 Å². The molecular formula is C13H16ClN3O3S. The van der Waals surface area contributed by atoms with E-state index >= 15 is 0 Å². The Labute approximate surface area is 128 Å². The van der Waals surface area contributed by atoms with Crippen LogP contribution in [0.2, 0.25) is 0 Å². The van der Waals surface area contributed by atoms with Crippen LogP contribution < -0.4 is 0 Å². The highest BCUT2D eigenvalue weighted by molar-refractivity contribution is 8.13. The van der Waals surface area contributed by atoms with E-state index in [1.54, 1.807) is 31.4 Å². The lowest BCUT2D eigenvalue weighted by Gasteiger charge is -2.22. The Morgan fingerprint density at radius 1 is 1.24 bits per heavy atom. The van der Waals surface area contributed by atoms with E-state index in [4.69, 9.17) is 15.4 Å². The molecule has 114 valence electrons. The monoisotopic (exact) mass is 329 g/mol. The van der Waals surface area contributed by atoms with Crippen LogP contribution in [0.4, 0.5) is 0 Å². The molecule has 0 aliphatic rings. The van der Waals surface area contributed by atoms with E-state index in [0.717, 1.165) is 0 Å². The molecule has 0 saturated carbocycles. The van der Waals surface area contributed by atoms with Crippen LogP contribution in [0.5, 0.6) is 0 Å². The van der Waals surface area contributed by atoms with Crippen molar-refractivity contribution in [3.8, 4) is 5.69 Å². The van der Waals surface area contributed by atoms with Crippen molar-refractivity contribution in [2.45, 2.75) is 31.0 Å². The van der Waals surface area contributed by atoms with Crippen LogP contribution >= 0.6 is 10.7 Å². The zero-order chi connectivity index (χ0) is 15.7. The number of aromatic nitrogens is 3. The average Bonchev–Trinajstić information content (AvgIpc) is 2.82. The molecule has 0 N–H and O–H groups in total. The molecule has 21 heavy (non-hydrogen) atoms. The van der Waals surface area contributed by atoms with E-state index in [1.165, 1.54) is 4.57 Å². The molecule has 6 nitrogen and oxygen atoms in total. The normalized spacial score (nSPS) is 12.6. The second-order valence-electron chi connectivity index (χ2n) is 5.15. The zero-order valence-corrected chi connectivity index (χ0v) is 13.5. The van der Waals surface area contributed by atoms with Gasteiger partial charge in [0.2, 0.25) is 0 Å². The molecule has 0 aliphatic heterocycles. The van der Waals surface area contributed by atoms with Gasteiger partial charge in [-0.3, -0.25) is 4.57 Å². The van der Waals surface area contributed by atoms with E-state index in [0.29, 0.717) is 17.9 Å². The number of methoxy groups -OCH3 is 1. The molecule has 0 fully saturated rings. The van der Waals surface area contributed by atoms with E-state index in [-0.39, 0.29) is 5.16 Å². The lowest BCUT2D eigenvalue weighted by molar-refractivity contribution is 0.0212. The maximum atomic E-state index is 11.7. The van der Waals surface area contributed by atoms with E-state index in [1.807, 2.05) is 19.9 Å². The Morgan fingerprint density at radius 3 is 2.38 bits per heavy atom. The summed E-state index contributed by atoms with van der Waals surface area (Å²) in [5, 5.41) is 7.39. The maximum Gasteiger partial charge on any atom is 0.297 e. The number of hydrogen-bond acceptors (Lipinski definition) is 5. The predicted molar refractivity (Wildman–Crippen MR) is 79.2 cm³/mol. The molecule has 0 atom stereocenters. The number of benzene rings is 1. The van der Waals surface area contributed by atoms with Crippen molar-refractivity contribution in [2.75, 3.05) is 7.11 Å². The molecule has 2 rings (SSSR count). The van der Waals surface area contributed by atoms with Gasteiger partial charge in [0.15, 0.2) is 0 Å². The predicted octanol–water partition coefficient (Wildman–Crippen LogP) is 2.16. The summed E-state index contributed by atoms with van der Waals surface area (Å²) < 4.78 is 30.2. The van der Waals surface area contributed by atoms with Gasteiger partial charge >= 0.3 is 0 Å². The molecule has 1 heterocycles. The van der Waals surface area contributed by atoms with Gasteiger partial charge in [-0.15, -0.1) is 10.2 Å². The van der Waals surface area contributed by atoms with Crippen LogP contribution in [-0.4, -0.2) is 35.9 Å². The van der Waals surface area contributed by atoms with Gasteiger partial charge in [0, 0.05) is 29.9 Å². The number of rotatable bonds is 5. The highest BCUT2D eigenvalue weighted by Gasteiger charge is 2.27. The van der Waals surface area contributed by atoms with Gasteiger partial charge in [0.05, 0.1) is 5.60 Å². The van der Waals surface area contributed by atoms with E-state index < -0.39 is 14.7 Å². The van der Waals surface area contributed by atoms with Crippen LogP contribution in [0.3, 0.4) is 0 Å². The minimum Gasteiger partial charge on any atom is -0.378 e. The standard InChI is InChI=1S/C13H16ClN3O3S/c1-13(2,20-3)9-11-15-16-12(21(14,18)19)17(11)10-7-5-4-6-8-10/h4-8H,9H2,1-3H3. The summed E-state index contributed by atoms with van der Waals surface area (Å²) in [4.78, 5) is 0. The molecule has 0 bridgehead atoms. The summed E-state index contributed by atoms with van der Waals surface area (Å²) in [6.07, 6.45) is 0.387. The van der Waals surface area contributed by atoms with Gasteiger partial charge in [-0.25, -0.2) is 8.42 Å². The topological polar surface area (TPSA) is 74.1 Å². The third kappa shape index (κ3) is 3.61. The Bertz CT molecular complexity index is 726. The van der Waals surface area contributed by atoms with Crippen molar-refractivity contribution in [1.82, 2.24) is 14.8 Å². The van der Waals surface area contributed by atoms with Gasteiger partial charge < -0.3 is 4.74 Å². The molecule has 1 aromatic carbocycles. The molecule has 0 amide bonds. The van der Waals surface area contributed by atoms with Gasteiger partial charge in [0.25, 0.3) is 14.2 Å². The quantitative estimate of drug-likeness (QED) is 0.786. The molecule has 2 aromatic rings. The molecule has 0 spiro atoms. The molecular weight excluding hydrogens is 314 g/mol. The molecule has 1 aromatic heterocycles. The van der Waals surface area contributed by atoms with Crippen molar-refractivity contribution in [3.63, 3.8) is 0 Å². The first-order chi connectivity index (χ1) is 9.74. The SMILES string of the molecule is COC(C)(C)Cc1nnc(S(=O)(=O)Cl)n1-c1ccccc1. The summed E-state index contributed by atoms with van der Waals surface area (Å²) in [5.41, 5.74) is 0.121. The maximum absolute atomic E-state index is 11.7. The minimum absolute atomic E-state index is 0.294. The lowest BCUT2D eigenvalue weighted by atomic mass is 10.0. The van der Waals surface area contributed by atoms with Crippen LogP contribution in [0.1, 0.15) is 19.7 Å². The molecule has 8 heteroatoms. The van der Waals surface area contributed by atoms with Crippen LogP contribution in [0, 0.1) is 0 Å². The summed E-state index contributed by atoms with van der Waals surface area (Å²) >= 11 is 0. The fourth-order valence-electron chi connectivity index (χ4n) is 1.86. The number of nitrogens with zero attached hydrogens (tertiary/aromatic N) is 3. The highest BCUT2D eigenvalue weighted by atomic mass is 35.7. The fraction of sp³-hybridized carbons (Fsp3) is 0.385. The summed E-state index contributed by atoms with van der Waals surface area (Å²) in [6, 6.07) is 8.95. The smallest absolute Gasteiger partial charge is 0.297 e. The summed E-state index contributed by atoms with van der Waals surface area (Å²) in [5.74, 6) is 0.465. The Morgan fingerprint density at radius 2 is 1.86 bits per heavy atom. The number of hydrogen-bond donors (Lipinski definition) is 0. The first-order valence-corrected chi connectivity index (χ1v) is 8.55. The molecule has 0 aliphatic carbocycles. The van der Waals surface area contributed by atoms with E-state index in [2.05, 4.69) is 10.2 Å². The summed E-state index contributed by atoms with van der Waals surface area (Å²) in [7, 11) is 3.03. The molecule has 0 saturated heterocycles. The van der Waals surface area contributed by atoms with E-state index in [9.17, 15) is 8.42 Å². The number of para-hydroxylation sites is 1. The average molecular weight is 330 g/mol. The summed E-state index contributed by atoms with van der Waals surface area (Å²) in [6.45, 7) is 3.76. The number of ether oxygens (including phenoxy) is 1. The second kappa shape index (κ2) is 5.75. The van der Waals surface area contributed by atoms with Gasteiger partial charge in [-0.05, 0) is 26.0 Å². The fourth-order valence-corrected chi connectivity index (χ4v) is 2.73. The second-order valence-corrected chi connectivity index (χ2v) is 7.61. The molecule has 0 radical (unpaired) electrons. The van der Waals surface area contributed by atoms with Gasteiger partial charge in [-0.1, -0.05) is 18.2 Å². The van der Waals surface area contributed by atoms with Gasteiger partial charge in [-0.2, -0.15) is 0 Å². The first-order valence-electron chi connectivity index (χ1n) is 6.24. The largest absolute Gasteiger partial charge is 0.378 e. The Balaban J connectivity index is 2.61. The van der Waals surface area contributed by atoms with Crippen molar-refractivity contribution in [2.24, 2.45) is 0 Å². The zero-order valence-electron chi connectivity index (χ0n) is 11.9. The van der Waals surface area contributed by atoms with Gasteiger partial charge in [0.1, 0.15) is 5.82 Å². The van der Waals surface area contributed by atoms with Crippen molar-refractivity contribution < 1.29 is 13.2 Å². The Hall–Kier alpha value is -1.44. The third-order valence-electron chi connectivity index (χ3n) is 3.07. The Kier molecular flexibility index (Phi) is 4.36. The minimum atomic E-state index is -4.00. The number of halogens is 1. The van der Waals surface area contributed by atoms with Crippen LogP contribution in [0.15, 0.2) is 35.5 Å². The highest BCUT2D eigenvalue weighted by Crippen LogP contribution is 2.23. The lowest BCUT2D eigenvalue weighted by Crippen LogP contribution is -2.27. The third-order valence-corrected chi connectivity index (χ3v) is 4.18. The first kappa shape index (κ1) is 15.9. The van der Waals surface area contributed by atoms with Crippen LogP contribution in [-0.2, 0) is 20.2 Å². The van der Waals surface area contributed by atoms with Crippen molar-refractivity contribution >= 4 is 19.7 Å². The molecule has 0 unspecified atom stereocenters. The van der Waals surface area contributed by atoms with Crippen LogP contribution in [0.25, 0.3) is 5.69 Å².